The molecule has 1 amide bonds. The quantitative estimate of drug-likeness (QED) is 0.597. The summed E-state index contributed by atoms with van der Waals surface area (Å²) in [6, 6.07) is 7.56. The van der Waals surface area contributed by atoms with Crippen molar-refractivity contribution in [3.8, 4) is 0 Å². The topological polar surface area (TPSA) is 60.3 Å². The molecule has 1 saturated heterocycles. The first-order chi connectivity index (χ1) is 16.5. The van der Waals surface area contributed by atoms with Gasteiger partial charge in [-0.05, 0) is 37.0 Å². The van der Waals surface area contributed by atoms with Gasteiger partial charge in [0.25, 0.3) is 0 Å². The zero-order chi connectivity index (χ0) is 24.1. The molecule has 34 heavy (non-hydrogen) atoms. The van der Waals surface area contributed by atoms with Gasteiger partial charge in [0.15, 0.2) is 6.29 Å². The van der Waals surface area contributed by atoms with Crippen molar-refractivity contribution >= 4 is 28.9 Å². The number of halogens is 1. The first-order valence-corrected chi connectivity index (χ1v) is 12.5. The summed E-state index contributed by atoms with van der Waals surface area (Å²) in [5, 5.41) is 10.9. The molecule has 3 heterocycles. The van der Waals surface area contributed by atoms with Gasteiger partial charge in [0, 0.05) is 30.1 Å². The molecular formula is C27H34ClN5O. The smallest absolute Gasteiger partial charge is 0.223 e. The fraction of sp³-hybridized carbons (Fsp3) is 0.444. The molecule has 0 bridgehead atoms. The average molecular weight is 480 g/mol. The van der Waals surface area contributed by atoms with Crippen LogP contribution in [-0.2, 0) is 4.79 Å². The van der Waals surface area contributed by atoms with Crippen LogP contribution in [0.25, 0.3) is 0 Å². The Bertz CT molecular complexity index is 1020. The Morgan fingerprint density at radius 1 is 1.26 bits per heavy atom. The molecule has 3 aliphatic heterocycles. The van der Waals surface area contributed by atoms with Crippen LogP contribution in [-0.4, -0.2) is 59.2 Å². The van der Waals surface area contributed by atoms with E-state index < -0.39 is 0 Å². The van der Waals surface area contributed by atoms with E-state index in [1.807, 2.05) is 65.4 Å². The van der Waals surface area contributed by atoms with Crippen molar-refractivity contribution in [2.45, 2.75) is 51.9 Å². The summed E-state index contributed by atoms with van der Waals surface area (Å²) < 4.78 is 0. The highest BCUT2D eigenvalue weighted by Crippen LogP contribution is 2.27. The van der Waals surface area contributed by atoms with Crippen molar-refractivity contribution in [3.05, 3.63) is 71.3 Å². The fourth-order valence-corrected chi connectivity index (χ4v) is 4.33. The van der Waals surface area contributed by atoms with Crippen LogP contribution < -0.4 is 5.32 Å². The van der Waals surface area contributed by atoms with Crippen molar-refractivity contribution in [2.24, 2.45) is 16.0 Å². The van der Waals surface area contributed by atoms with Gasteiger partial charge in [-0.1, -0.05) is 74.4 Å². The van der Waals surface area contributed by atoms with Crippen LogP contribution in [0.2, 0.25) is 5.02 Å². The maximum absolute atomic E-state index is 12.5. The Balaban J connectivity index is 0.000000620. The summed E-state index contributed by atoms with van der Waals surface area (Å²) in [6.45, 7) is 10.2. The second kappa shape index (κ2) is 11.2. The Morgan fingerprint density at radius 3 is 2.59 bits per heavy atom. The maximum Gasteiger partial charge on any atom is 0.223 e. The lowest BCUT2D eigenvalue weighted by molar-refractivity contribution is -0.128. The van der Waals surface area contributed by atoms with E-state index in [0.717, 1.165) is 41.4 Å². The van der Waals surface area contributed by atoms with Gasteiger partial charge >= 0.3 is 0 Å². The van der Waals surface area contributed by atoms with E-state index in [-0.39, 0.29) is 18.2 Å². The first kappa shape index (κ1) is 24.4. The van der Waals surface area contributed by atoms with E-state index in [1.54, 1.807) is 0 Å². The molecule has 1 aliphatic carbocycles. The third-order valence-electron chi connectivity index (χ3n) is 6.44. The van der Waals surface area contributed by atoms with Crippen molar-refractivity contribution < 1.29 is 4.79 Å². The molecule has 1 aromatic carbocycles. The average Bonchev–Trinajstić information content (AvgIpc) is 3.23. The minimum atomic E-state index is -0.265. The number of nitrogens with zero attached hydrogens (tertiary/aromatic N) is 4. The lowest BCUT2D eigenvalue weighted by Gasteiger charge is -2.26. The van der Waals surface area contributed by atoms with Gasteiger partial charge in [0.05, 0.1) is 24.0 Å². The molecule has 2 fully saturated rings. The number of carbonyl (C=O) groups excluding carboxylic acids is 1. The normalized spacial score (nSPS) is 24.9. The predicted octanol–water partition coefficient (Wildman–Crippen LogP) is 4.78. The van der Waals surface area contributed by atoms with E-state index >= 15 is 0 Å². The summed E-state index contributed by atoms with van der Waals surface area (Å²) in [7, 11) is 0. The molecule has 6 nitrogen and oxygen atoms in total. The molecule has 1 saturated carbocycles. The lowest BCUT2D eigenvalue weighted by Crippen LogP contribution is -2.46. The van der Waals surface area contributed by atoms with Gasteiger partial charge in [-0.2, -0.15) is 5.10 Å². The van der Waals surface area contributed by atoms with Gasteiger partial charge < -0.3 is 4.90 Å². The standard InChI is InChI=1S/C23H26ClN5O.C4H8/c1-3-5-7-16(4-2)19-14-25-23(26-19)29-15-20(28-13-6-8-21(28)30)22(27-29)17-9-11-18(24)12-10-17;1-4-2-3-4/h3-5,7,9-12,20,23,25H,2,6,8,13-15H2,1H3;4H,2-3H2,1H3/b5-3-,16-7+;. The van der Waals surface area contributed by atoms with Gasteiger partial charge in [-0.25, -0.2) is 4.99 Å². The third kappa shape index (κ3) is 5.86. The van der Waals surface area contributed by atoms with Crippen LogP contribution in [0.4, 0.5) is 0 Å². The summed E-state index contributed by atoms with van der Waals surface area (Å²) in [5.74, 6) is 1.27. The molecule has 5 rings (SSSR count). The molecule has 180 valence electrons. The SMILES string of the molecule is C=C/C(=C\C=C/C)C1=NC(N2CC(N3CCCC3=O)C(c3ccc(Cl)cc3)=N2)NC1.CC1CC1. The van der Waals surface area contributed by atoms with E-state index in [0.29, 0.717) is 24.5 Å². The number of likely N-dealkylation sites (tertiary alicyclic amines) is 1. The number of nitrogens with one attached hydrogen (secondary N) is 1. The summed E-state index contributed by atoms with van der Waals surface area (Å²) in [4.78, 5) is 19.3. The van der Waals surface area contributed by atoms with Crippen LogP contribution in [0, 0.1) is 5.92 Å². The molecular weight excluding hydrogens is 446 g/mol. The largest absolute Gasteiger partial charge is 0.332 e. The molecule has 7 heteroatoms. The van der Waals surface area contributed by atoms with E-state index in [4.69, 9.17) is 21.7 Å². The third-order valence-corrected chi connectivity index (χ3v) is 6.69. The molecule has 1 aromatic rings. The van der Waals surface area contributed by atoms with E-state index in [1.165, 1.54) is 12.8 Å². The molecule has 0 radical (unpaired) electrons. The number of hydrazone groups is 1. The minimum absolute atomic E-state index is 0.0836. The number of rotatable bonds is 6. The highest BCUT2D eigenvalue weighted by atomic mass is 35.5. The minimum Gasteiger partial charge on any atom is -0.332 e. The van der Waals surface area contributed by atoms with Crippen LogP contribution in [0.5, 0.6) is 0 Å². The highest BCUT2D eigenvalue weighted by Gasteiger charge is 2.39. The highest BCUT2D eigenvalue weighted by molar-refractivity contribution is 6.30. The van der Waals surface area contributed by atoms with Crippen molar-refractivity contribution in [1.29, 1.82) is 0 Å². The Morgan fingerprint density at radius 2 is 2.00 bits per heavy atom. The molecule has 2 atom stereocenters. The number of allylic oxidation sites excluding steroid dienone is 4. The van der Waals surface area contributed by atoms with Gasteiger partial charge in [0.1, 0.15) is 0 Å². The molecule has 1 N–H and O–H groups in total. The van der Waals surface area contributed by atoms with Crippen molar-refractivity contribution in [2.75, 3.05) is 19.6 Å². The number of amides is 1. The number of hydrogen-bond donors (Lipinski definition) is 1. The van der Waals surface area contributed by atoms with Gasteiger partial charge in [-0.15, -0.1) is 0 Å². The van der Waals surface area contributed by atoms with E-state index in [9.17, 15) is 4.79 Å². The summed E-state index contributed by atoms with van der Waals surface area (Å²) in [5.41, 5.74) is 3.82. The Kier molecular flexibility index (Phi) is 8.01. The molecule has 0 spiro atoms. The van der Waals surface area contributed by atoms with Crippen molar-refractivity contribution in [3.63, 3.8) is 0 Å². The second-order valence-electron chi connectivity index (χ2n) is 9.19. The van der Waals surface area contributed by atoms with Crippen LogP contribution in [0.1, 0.15) is 45.1 Å². The zero-order valence-corrected chi connectivity index (χ0v) is 20.8. The number of hydrogen-bond acceptors (Lipinski definition) is 5. The number of aliphatic imine (C=N–C) groups is 1. The number of carbonyl (C=O) groups is 1. The Labute approximate surface area is 207 Å². The zero-order valence-electron chi connectivity index (χ0n) is 20.1. The fourth-order valence-electron chi connectivity index (χ4n) is 4.20. The van der Waals surface area contributed by atoms with E-state index in [2.05, 4.69) is 18.8 Å². The lowest BCUT2D eigenvalue weighted by atomic mass is 10.0. The Hall–Kier alpha value is -2.70. The predicted molar refractivity (Wildman–Crippen MR) is 140 cm³/mol. The molecule has 2 unspecified atom stereocenters. The summed E-state index contributed by atoms with van der Waals surface area (Å²) >= 11 is 6.07. The summed E-state index contributed by atoms with van der Waals surface area (Å²) in [6.07, 6.45) is 12.0. The van der Waals surface area contributed by atoms with Crippen LogP contribution >= 0.6 is 11.6 Å². The maximum atomic E-state index is 12.5. The number of benzene rings is 1. The van der Waals surface area contributed by atoms with Gasteiger partial charge in [-0.3, -0.25) is 15.1 Å². The molecule has 0 aromatic heterocycles. The van der Waals surface area contributed by atoms with Crippen LogP contribution in [0.3, 0.4) is 0 Å². The second-order valence-corrected chi connectivity index (χ2v) is 9.62. The van der Waals surface area contributed by atoms with Crippen molar-refractivity contribution in [1.82, 2.24) is 15.2 Å². The van der Waals surface area contributed by atoms with Crippen LogP contribution in [0.15, 0.2) is 70.8 Å². The monoisotopic (exact) mass is 479 g/mol. The van der Waals surface area contributed by atoms with Gasteiger partial charge in [0.2, 0.25) is 5.91 Å². The molecule has 4 aliphatic rings. The first-order valence-electron chi connectivity index (χ1n) is 12.2.